The van der Waals surface area contributed by atoms with Crippen molar-refractivity contribution < 1.29 is 14.0 Å². The van der Waals surface area contributed by atoms with Crippen molar-refractivity contribution in [3.63, 3.8) is 0 Å². The second-order valence-electron chi connectivity index (χ2n) is 7.18. The van der Waals surface area contributed by atoms with E-state index in [0.717, 1.165) is 0 Å². The average Bonchev–Trinajstić information content (AvgIpc) is 2.68. The van der Waals surface area contributed by atoms with Crippen LogP contribution < -0.4 is 10.6 Å². The molecule has 0 aromatic heterocycles. The van der Waals surface area contributed by atoms with Crippen molar-refractivity contribution in [2.45, 2.75) is 19.8 Å². The van der Waals surface area contributed by atoms with Crippen molar-refractivity contribution in [3.05, 3.63) is 57.8 Å². The SMILES string of the molecule is Cc1ccc(NC(=O)C2CCN(CC(=O)Nc3ccc(Cl)c(Cl)c3)CC2)cc1F. The lowest BCUT2D eigenvalue weighted by molar-refractivity contribution is -0.121. The number of nitrogens with zero attached hydrogens (tertiary/aromatic N) is 1. The molecule has 29 heavy (non-hydrogen) atoms. The number of nitrogens with one attached hydrogen (secondary N) is 2. The lowest BCUT2D eigenvalue weighted by Crippen LogP contribution is -2.41. The monoisotopic (exact) mass is 437 g/mol. The van der Waals surface area contributed by atoms with Crippen LogP contribution in [-0.2, 0) is 9.59 Å². The Morgan fingerprint density at radius 2 is 1.69 bits per heavy atom. The molecule has 2 amide bonds. The van der Waals surface area contributed by atoms with Crippen LogP contribution in [0.15, 0.2) is 36.4 Å². The normalized spacial score (nSPS) is 15.2. The molecule has 8 heteroatoms. The van der Waals surface area contributed by atoms with Crippen molar-refractivity contribution in [1.29, 1.82) is 0 Å². The molecular weight excluding hydrogens is 416 g/mol. The zero-order valence-corrected chi connectivity index (χ0v) is 17.5. The van der Waals surface area contributed by atoms with Crippen molar-refractivity contribution >= 4 is 46.4 Å². The maximum absolute atomic E-state index is 13.6. The number of carbonyl (C=O) groups is 2. The Morgan fingerprint density at radius 3 is 2.34 bits per heavy atom. The van der Waals surface area contributed by atoms with Crippen LogP contribution >= 0.6 is 23.2 Å². The molecule has 1 fully saturated rings. The van der Waals surface area contributed by atoms with Gasteiger partial charge in [-0.2, -0.15) is 0 Å². The van der Waals surface area contributed by atoms with Gasteiger partial charge < -0.3 is 10.6 Å². The molecule has 0 aliphatic carbocycles. The van der Waals surface area contributed by atoms with Gasteiger partial charge in [-0.25, -0.2) is 4.39 Å². The van der Waals surface area contributed by atoms with Crippen LogP contribution in [0.25, 0.3) is 0 Å². The Bertz CT molecular complexity index is 915. The number of hydrogen-bond donors (Lipinski definition) is 2. The molecule has 0 unspecified atom stereocenters. The Labute approximate surface area is 179 Å². The highest BCUT2D eigenvalue weighted by atomic mass is 35.5. The van der Waals surface area contributed by atoms with Crippen LogP contribution in [0.3, 0.4) is 0 Å². The molecule has 1 aliphatic rings. The summed E-state index contributed by atoms with van der Waals surface area (Å²) in [6.45, 7) is 3.18. The molecule has 1 aliphatic heterocycles. The predicted octanol–water partition coefficient (Wildman–Crippen LogP) is 4.73. The number of rotatable bonds is 5. The minimum atomic E-state index is -0.342. The van der Waals surface area contributed by atoms with Gasteiger partial charge >= 0.3 is 0 Å². The molecule has 0 radical (unpaired) electrons. The van der Waals surface area contributed by atoms with E-state index in [1.807, 2.05) is 4.90 Å². The third-order valence-corrected chi connectivity index (χ3v) is 5.71. The summed E-state index contributed by atoms with van der Waals surface area (Å²) >= 11 is 11.8. The summed E-state index contributed by atoms with van der Waals surface area (Å²) in [5.74, 6) is -0.770. The minimum Gasteiger partial charge on any atom is -0.326 e. The van der Waals surface area contributed by atoms with Crippen LogP contribution in [0, 0.1) is 18.7 Å². The van der Waals surface area contributed by atoms with E-state index in [1.54, 1.807) is 37.3 Å². The van der Waals surface area contributed by atoms with E-state index in [0.29, 0.717) is 52.9 Å². The summed E-state index contributed by atoms with van der Waals surface area (Å²) in [5, 5.41) is 6.38. The number of anilines is 2. The van der Waals surface area contributed by atoms with E-state index in [4.69, 9.17) is 23.2 Å². The Hall–Kier alpha value is -2.15. The molecule has 2 aromatic rings. The van der Waals surface area contributed by atoms with Crippen LogP contribution in [-0.4, -0.2) is 36.3 Å². The molecule has 0 spiro atoms. The Kier molecular flexibility index (Phi) is 7.11. The third kappa shape index (κ3) is 5.92. The number of piperidine rings is 1. The molecule has 0 bridgehead atoms. The lowest BCUT2D eigenvalue weighted by atomic mass is 9.95. The topological polar surface area (TPSA) is 61.4 Å². The van der Waals surface area contributed by atoms with Gasteiger partial charge in [0.05, 0.1) is 16.6 Å². The highest BCUT2D eigenvalue weighted by molar-refractivity contribution is 6.42. The van der Waals surface area contributed by atoms with Gasteiger partial charge in [0.25, 0.3) is 0 Å². The predicted molar refractivity (Wildman–Crippen MR) is 114 cm³/mol. The fourth-order valence-electron chi connectivity index (χ4n) is 3.25. The van der Waals surface area contributed by atoms with E-state index < -0.39 is 0 Å². The van der Waals surface area contributed by atoms with E-state index in [2.05, 4.69) is 10.6 Å². The summed E-state index contributed by atoms with van der Waals surface area (Å²) in [7, 11) is 0. The summed E-state index contributed by atoms with van der Waals surface area (Å²) in [6, 6.07) is 9.58. The van der Waals surface area contributed by atoms with Crippen LogP contribution in [0.2, 0.25) is 10.0 Å². The van der Waals surface area contributed by atoms with Crippen LogP contribution in [0.1, 0.15) is 18.4 Å². The summed E-state index contributed by atoms with van der Waals surface area (Å²) in [6.07, 6.45) is 1.28. The minimum absolute atomic E-state index is 0.117. The van der Waals surface area contributed by atoms with Gasteiger partial charge in [0.15, 0.2) is 0 Å². The van der Waals surface area contributed by atoms with Gasteiger partial charge in [0.2, 0.25) is 11.8 Å². The van der Waals surface area contributed by atoms with Gasteiger partial charge in [-0.15, -0.1) is 0 Å². The summed E-state index contributed by atoms with van der Waals surface area (Å²) < 4.78 is 13.6. The molecule has 3 rings (SSSR count). The highest BCUT2D eigenvalue weighted by Crippen LogP contribution is 2.25. The van der Waals surface area contributed by atoms with E-state index in [1.165, 1.54) is 6.07 Å². The first-order valence-electron chi connectivity index (χ1n) is 9.36. The first kappa shape index (κ1) is 21.6. The zero-order chi connectivity index (χ0) is 21.0. The van der Waals surface area contributed by atoms with Crippen LogP contribution in [0.4, 0.5) is 15.8 Å². The molecule has 2 N–H and O–H groups in total. The molecule has 5 nitrogen and oxygen atoms in total. The third-order valence-electron chi connectivity index (χ3n) is 4.97. The number of benzene rings is 2. The first-order valence-corrected chi connectivity index (χ1v) is 10.1. The van der Waals surface area contributed by atoms with Crippen molar-refractivity contribution in [2.75, 3.05) is 30.3 Å². The summed E-state index contributed by atoms with van der Waals surface area (Å²) in [5.41, 5.74) is 1.58. The molecule has 1 saturated heterocycles. The van der Waals surface area contributed by atoms with Crippen molar-refractivity contribution in [1.82, 2.24) is 4.90 Å². The molecule has 0 atom stereocenters. The largest absolute Gasteiger partial charge is 0.326 e. The van der Waals surface area contributed by atoms with Gasteiger partial charge in [0.1, 0.15) is 5.82 Å². The molecule has 2 aromatic carbocycles. The zero-order valence-electron chi connectivity index (χ0n) is 16.0. The first-order chi connectivity index (χ1) is 13.8. The smallest absolute Gasteiger partial charge is 0.238 e. The second kappa shape index (κ2) is 9.57. The van der Waals surface area contributed by atoms with Crippen molar-refractivity contribution in [2.24, 2.45) is 5.92 Å². The van der Waals surface area contributed by atoms with Crippen LogP contribution in [0.5, 0.6) is 0 Å². The van der Waals surface area contributed by atoms with Gasteiger partial charge in [-0.3, -0.25) is 14.5 Å². The average molecular weight is 438 g/mol. The summed E-state index contributed by atoms with van der Waals surface area (Å²) in [4.78, 5) is 26.7. The number of hydrogen-bond acceptors (Lipinski definition) is 3. The number of likely N-dealkylation sites (tertiary alicyclic amines) is 1. The molecule has 1 heterocycles. The van der Waals surface area contributed by atoms with E-state index >= 15 is 0 Å². The van der Waals surface area contributed by atoms with Gasteiger partial charge in [-0.1, -0.05) is 29.3 Å². The number of amides is 2. The Balaban J connectivity index is 1.45. The number of carbonyl (C=O) groups excluding carboxylic acids is 2. The molecule has 0 saturated carbocycles. The standard InChI is InChI=1S/C21H22Cl2FN3O2/c1-13-2-3-16(11-19(13)24)26-21(29)14-6-8-27(9-7-14)12-20(28)25-15-4-5-17(22)18(23)10-15/h2-5,10-11,14H,6-9,12H2,1H3,(H,25,28)(H,26,29). The maximum atomic E-state index is 13.6. The fraction of sp³-hybridized carbons (Fsp3) is 0.333. The highest BCUT2D eigenvalue weighted by Gasteiger charge is 2.26. The lowest BCUT2D eigenvalue weighted by Gasteiger charge is -2.30. The van der Waals surface area contributed by atoms with Gasteiger partial charge in [0, 0.05) is 17.3 Å². The van der Waals surface area contributed by atoms with E-state index in [9.17, 15) is 14.0 Å². The number of halogens is 3. The second-order valence-corrected chi connectivity index (χ2v) is 8.00. The maximum Gasteiger partial charge on any atom is 0.238 e. The van der Waals surface area contributed by atoms with Crippen molar-refractivity contribution in [3.8, 4) is 0 Å². The fourth-order valence-corrected chi connectivity index (χ4v) is 3.54. The number of aryl methyl sites for hydroxylation is 1. The van der Waals surface area contributed by atoms with E-state index in [-0.39, 0.29) is 30.1 Å². The quantitative estimate of drug-likeness (QED) is 0.710. The Morgan fingerprint density at radius 1 is 1.03 bits per heavy atom. The van der Waals surface area contributed by atoms with Gasteiger partial charge in [-0.05, 0) is 68.8 Å². The molecule has 154 valence electrons. The molecular formula is C21H22Cl2FN3O2.